The van der Waals surface area contributed by atoms with E-state index < -0.39 is 0 Å². The summed E-state index contributed by atoms with van der Waals surface area (Å²) in [4.78, 5) is 18.8. The Morgan fingerprint density at radius 1 is 1.14 bits per heavy atom. The van der Waals surface area contributed by atoms with Crippen molar-refractivity contribution in [2.75, 3.05) is 27.2 Å². The van der Waals surface area contributed by atoms with Crippen molar-refractivity contribution in [1.29, 1.82) is 0 Å². The second kappa shape index (κ2) is 7.70. The summed E-state index contributed by atoms with van der Waals surface area (Å²) in [6.07, 6.45) is 5.13. The lowest BCUT2D eigenvalue weighted by molar-refractivity contribution is 0.0482. The molecule has 6 heteroatoms. The number of benzene rings is 2. The van der Waals surface area contributed by atoms with Gasteiger partial charge in [-0.25, -0.2) is 9.78 Å². The lowest BCUT2D eigenvalue weighted by atomic mass is 10.1. The van der Waals surface area contributed by atoms with Crippen LogP contribution in [0.4, 0.5) is 0 Å². The first-order valence-electron chi connectivity index (χ1n) is 9.04. The van der Waals surface area contributed by atoms with E-state index in [2.05, 4.69) is 4.98 Å². The number of likely N-dealkylation sites (N-methyl/N-ethyl adjacent to an activating group) is 1. The van der Waals surface area contributed by atoms with Crippen LogP contribution >= 0.6 is 0 Å². The van der Waals surface area contributed by atoms with Crippen LogP contribution in [0.25, 0.3) is 27.8 Å². The van der Waals surface area contributed by atoms with Gasteiger partial charge in [-0.1, -0.05) is 12.1 Å². The molecule has 0 unspecified atom stereocenters. The highest BCUT2D eigenvalue weighted by Crippen LogP contribution is 2.26. The first-order valence-corrected chi connectivity index (χ1v) is 9.04. The molecule has 0 spiro atoms. The molecule has 142 valence electrons. The summed E-state index contributed by atoms with van der Waals surface area (Å²) in [5, 5.41) is 0. The number of carbonyl (C=O) groups is 1. The normalized spacial score (nSPS) is 11.2. The van der Waals surface area contributed by atoms with Gasteiger partial charge in [-0.15, -0.1) is 0 Å². The highest BCUT2D eigenvalue weighted by Gasteiger charge is 2.11. The summed E-state index contributed by atoms with van der Waals surface area (Å²) in [6, 6.07) is 15.4. The van der Waals surface area contributed by atoms with E-state index in [-0.39, 0.29) is 5.97 Å². The molecule has 0 amide bonds. The van der Waals surface area contributed by atoms with Gasteiger partial charge in [-0.3, -0.25) is 4.57 Å². The Morgan fingerprint density at radius 2 is 2.04 bits per heavy atom. The molecule has 28 heavy (non-hydrogen) atoms. The standard InChI is InChI=1S/C22H21N3O3/c1-24(2)9-11-28-22(26)17-4-3-5-19(12-17)25-15-23-20-13-16(6-7-21(20)25)18-8-10-27-14-18/h3-8,10,12-15H,9,11H2,1-2H3. The molecule has 0 fully saturated rings. The molecule has 4 rings (SSSR count). The van der Waals surface area contributed by atoms with Gasteiger partial charge in [0.15, 0.2) is 0 Å². The third-order valence-corrected chi connectivity index (χ3v) is 4.53. The van der Waals surface area contributed by atoms with Crippen molar-refractivity contribution in [3.8, 4) is 16.8 Å². The smallest absolute Gasteiger partial charge is 0.338 e. The average molecular weight is 375 g/mol. The Labute approximate surface area is 163 Å². The van der Waals surface area contributed by atoms with Gasteiger partial charge in [0, 0.05) is 17.8 Å². The maximum atomic E-state index is 12.3. The van der Waals surface area contributed by atoms with E-state index in [0.717, 1.165) is 27.8 Å². The molecule has 2 heterocycles. The monoisotopic (exact) mass is 375 g/mol. The summed E-state index contributed by atoms with van der Waals surface area (Å²) >= 11 is 0. The number of furan rings is 1. The number of carbonyl (C=O) groups excluding carboxylic acids is 1. The van der Waals surface area contributed by atoms with E-state index in [1.54, 1.807) is 24.9 Å². The van der Waals surface area contributed by atoms with Crippen LogP contribution in [0.1, 0.15) is 10.4 Å². The van der Waals surface area contributed by atoms with Crippen LogP contribution in [0.2, 0.25) is 0 Å². The topological polar surface area (TPSA) is 60.5 Å². The molecule has 0 radical (unpaired) electrons. The van der Waals surface area contributed by atoms with Crippen molar-refractivity contribution in [3.63, 3.8) is 0 Å². The SMILES string of the molecule is CN(C)CCOC(=O)c1cccc(-n2cnc3cc(-c4ccoc4)ccc32)c1. The maximum absolute atomic E-state index is 12.3. The van der Waals surface area contributed by atoms with Crippen molar-refractivity contribution in [1.82, 2.24) is 14.5 Å². The molecule has 0 aliphatic carbocycles. The van der Waals surface area contributed by atoms with E-state index in [1.807, 2.05) is 66.0 Å². The van der Waals surface area contributed by atoms with E-state index in [1.165, 1.54) is 0 Å². The fraction of sp³-hybridized carbons (Fsp3) is 0.182. The Kier molecular flexibility index (Phi) is 4.95. The minimum absolute atomic E-state index is 0.324. The molecule has 6 nitrogen and oxygen atoms in total. The van der Waals surface area contributed by atoms with Gasteiger partial charge in [0.25, 0.3) is 0 Å². The zero-order valence-corrected chi connectivity index (χ0v) is 15.8. The highest BCUT2D eigenvalue weighted by molar-refractivity contribution is 5.90. The summed E-state index contributed by atoms with van der Waals surface area (Å²) in [5.74, 6) is -0.324. The number of rotatable bonds is 6. The third kappa shape index (κ3) is 3.68. The Hall–Kier alpha value is -3.38. The number of aromatic nitrogens is 2. The summed E-state index contributed by atoms with van der Waals surface area (Å²) < 4.78 is 12.5. The van der Waals surface area contributed by atoms with Crippen LogP contribution in [-0.2, 0) is 4.74 Å². The number of fused-ring (bicyclic) bond motifs is 1. The van der Waals surface area contributed by atoms with E-state index in [9.17, 15) is 4.79 Å². The van der Waals surface area contributed by atoms with Gasteiger partial charge >= 0.3 is 5.97 Å². The number of nitrogens with zero attached hydrogens (tertiary/aromatic N) is 3. The molecule has 2 aromatic heterocycles. The minimum atomic E-state index is -0.324. The van der Waals surface area contributed by atoms with E-state index in [4.69, 9.17) is 9.15 Å². The molecule has 0 bridgehead atoms. The number of imidazole rings is 1. The summed E-state index contributed by atoms with van der Waals surface area (Å²) in [5.41, 5.74) is 5.28. The molecular formula is C22H21N3O3. The van der Waals surface area contributed by atoms with Gasteiger partial charge in [0.2, 0.25) is 0 Å². The van der Waals surface area contributed by atoms with Crippen LogP contribution < -0.4 is 0 Å². The van der Waals surface area contributed by atoms with Crippen LogP contribution in [0.5, 0.6) is 0 Å². The lowest BCUT2D eigenvalue weighted by Gasteiger charge is -2.11. The second-order valence-corrected chi connectivity index (χ2v) is 6.82. The molecule has 0 aliphatic rings. The summed E-state index contributed by atoms with van der Waals surface area (Å²) in [6.45, 7) is 1.05. The van der Waals surface area contributed by atoms with Crippen LogP contribution in [0, 0.1) is 0 Å². The van der Waals surface area contributed by atoms with Crippen molar-refractivity contribution < 1.29 is 13.9 Å². The number of hydrogen-bond donors (Lipinski definition) is 0. The third-order valence-electron chi connectivity index (χ3n) is 4.53. The van der Waals surface area contributed by atoms with E-state index >= 15 is 0 Å². The van der Waals surface area contributed by atoms with E-state index in [0.29, 0.717) is 18.7 Å². The Balaban J connectivity index is 1.60. The first kappa shape index (κ1) is 18.0. The van der Waals surface area contributed by atoms with Crippen LogP contribution in [-0.4, -0.2) is 47.7 Å². The van der Waals surface area contributed by atoms with Gasteiger partial charge < -0.3 is 14.1 Å². The summed E-state index contributed by atoms with van der Waals surface area (Å²) in [7, 11) is 3.88. The average Bonchev–Trinajstić information content (AvgIpc) is 3.37. The first-order chi connectivity index (χ1) is 13.6. The van der Waals surface area contributed by atoms with Crippen molar-refractivity contribution in [3.05, 3.63) is 72.9 Å². The largest absolute Gasteiger partial charge is 0.472 e. The van der Waals surface area contributed by atoms with Gasteiger partial charge in [-0.05, 0) is 56.1 Å². The minimum Gasteiger partial charge on any atom is -0.472 e. The lowest BCUT2D eigenvalue weighted by Crippen LogP contribution is -2.20. The predicted octanol–water partition coefficient (Wildman–Crippen LogP) is 4.00. The molecule has 2 aromatic carbocycles. The van der Waals surface area contributed by atoms with Gasteiger partial charge in [0.1, 0.15) is 12.9 Å². The predicted molar refractivity (Wildman–Crippen MR) is 108 cm³/mol. The zero-order valence-electron chi connectivity index (χ0n) is 15.8. The van der Waals surface area contributed by atoms with Crippen molar-refractivity contribution >= 4 is 17.0 Å². The maximum Gasteiger partial charge on any atom is 0.338 e. The van der Waals surface area contributed by atoms with Crippen molar-refractivity contribution in [2.45, 2.75) is 0 Å². The number of esters is 1. The zero-order chi connectivity index (χ0) is 19.5. The van der Waals surface area contributed by atoms with Crippen LogP contribution in [0.15, 0.2) is 71.8 Å². The molecule has 4 aromatic rings. The highest BCUT2D eigenvalue weighted by atomic mass is 16.5. The van der Waals surface area contributed by atoms with Crippen molar-refractivity contribution in [2.24, 2.45) is 0 Å². The molecule has 0 N–H and O–H groups in total. The quantitative estimate of drug-likeness (QED) is 0.477. The molecule has 0 saturated heterocycles. The fourth-order valence-electron chi connectivity index (χ4n) is 3.01. The molecule has 0 atom stereocenters. The van der Waals surface area contributed by atoms with Gasteiger partial charge in [-0.2, -0.15) is 0 Å². The Morgan fingerprint density at radius 3 is 2.82 bits per heavy atom. The van der Waals surface area contributed by atoms with Crippen LogP contribution in [0.3, 0.4) is 0 Å². The molecule has 0 saturated carbocycles. The Bertz CT molecular complexity index is 1100. The second-order valence-electron chi connectivity index (χ2n) is 6.82. The molecule has 0 aliphatic heterocycles. The number of hydrogen-bond acceptors (Lipinski definition) is 5. The number of ether oxygens (including phenoxy) is 1. The van der Waals surface area contributed by atoms with Gasteiger partial charge in [0.05, 0.1) is 29.1 Å². The molecular weight excluding hydrogens is 354 g/mol. The fourth-order valence-corrected chi connectivity index (χ4v) is 3.01.